The molecule has 1 N–H and O–H groups in total. The molecule has 0 saturated heterocycles. The van der Waals surface area contributed by atoms with E-state index in [1.165, 1.54) is 12.1 Å². The molecule has 0 aliphatic heterocycles. The molecule has 0 heterocycles. The van der Waals surface area contributed by atoms with E-state index < -0.39 is 10.0 Å². The summed E-state index contributed by atoms with van der Waals surface area (Å²) < 4.78 is 29.7. The van der Waals surface area contributed by atoms with Crippen molar-refractivity contribution in [2.24, 2.45) is 5.10 Å². The Balaban J connectivity index is 2.16. The summed E-state index contributed by atoms with van der Waals surface area (Å²) in [6.07, 6.45) is 0. The van der Waals surface area contributed by atoms with Crippen LogP contribution in [0.15, 0.2) is 58.5 Å². The first-order valence-corrected chi connectivity index (χ1v) is 8.83. The van der Waals surface area contributed by atoms with Gasteiger partial charge < -0.3 is 4.74 Å². The predicted octanol–water partition coefficient (Wildman–Crippen LogP) is 3.44. The lowest BCUT2D eigenvalue weighted by atomic mass is 10.1. The highest BCUT2D eigenvalue weighted by molar-refractivity contribution is 7.89. The van der Waals surface area contributed by atoms with Gasteiger partial charge in [0, 0.05) is 5.02 Å². The molecular formula is C16H17ClN2O3S. The topological polar surface area (TPSA) is 67.8 Å². The van der Waals surface area contributed by atoms with E-state index in [1.54, 1.807) is 43.3 Å². The maximum Gasteiger partial charge on any atom is 0.276 e. The molecule has 0 fully saturated rings. The second-order valence-corrected chi connectivity index (χ2v) is 6.80. The van der Waals surface area contributed by atoms with Gasteiger partial charge in [0.05, 0.1) is 17.2 Å². The van der Waals surface area contributed by atoms with Crippen LogP contribution in [-0.4, -0.2) is 20.7 Å². The van der Waals surface area contributed by atoms with Crippen molar-refractivity contribution in [3.8, 4) is 5.75 Å². The Hall–Kier alpha value is -2.05. The zero-order valence-electron chi connectivity index (χ0n) is 12.8. The van der Waals surface area contributed by atoms with Crippen LogP contribution < -0.4 is 9.57 Å². The van der Waals surface area contributed by atoms with Crippen LogP contribution in [0.3, 0.4) is 0 Å². The highest BCUT2D eigenvalue weighted by Gasteiger charge is 2.13. The van der Waals surface area contributed by atoms with E-state index in [1.807, 2.05) is 6.92 Å². The van der Waals surface area contributed by atoms with E-state index in [2.05, 4.69) is 9.93 Å². The number of hydrogen-bond acceptors (Lipinski definition) is 4. The Morgan fingerprint density at radius 2 is 1.91 bits per heavy atom. The fourth-order valence-electron chi connectivity index (χ4n) is 1.84. The van der Waals surface area contributed by atoms with Gasteiger partial charge in [0.2, 0.25) is 0 Å². The monoisotopic (exact) mass is 352 g/mol. The molecular weight excluding hydrogens is 336 g/mol. The molecule has 0 amide bonds. The smallest absolute Gasteiger partial charge is 0.276 e. The molecule has 23 heavy (non-hydrogen) atoms. The number of halogens is 1. The Bertz CT molecular complexity index is 802. The number of hydrogen-bond donors (Lipinski definition) is 1. The SMILES string of the molecule is CCOc1ccc(S(=O)(=O)N/N=C(/C)c2cccc(Cl)c2)cc1. The lowest BCUT2D eigenvalue weighted by Gasteiger charge is -2.07. The van der Waals surface area contributed by atoms with Crippen molar-refractivity contribution in [2.75, 3.05) is 6.61 Å². The van der Waals surface area contributed by atoms with Crippen LogP contribution in [0.5, 0.6) is 5.75 Å². The standard InChI is InChI=1S/C16H17ClN2O3S/c1-3-22-15-7-9-16(10-8-15)23(20,21)19-18-12(2)13-5-4-6-14(17)11-13/h4-11,19H,3H2,1-2H3/b18-12-. The van der Waals surface area contributed by atoms with Gasteiger partial charge in [-0.15, -0.1) is 0 Å². The number of hydrazone groups is 1. The number of rotatable bonds is 6. The number of ether oxygens (including phenoxy) is 1. The molecule has 0 unspecified atom stereocenters. The van der Waals surface area contributed by atoms with Gasteiger partial charge in [-0.2, -0.15) is 18.4 Å². The fraction of sp³-hybridized carbons (Fsp3) is 0.188. The minimum absolute atomic E-state index is 0.114. The van der Waals surface area contributed by atoms with E-state index in [9.17, 15) is 8.42 Å². The highest BCUT2D eigenvalue weighted by atomic mass is 35.5. The second-order valence-electron chi connectivity index (χ2n) is 4.71. The Morgan fingerprint density at radius 3 is 2.52 bits per heavy atom. The number of sulfonamides is 1. The molecule has 5 nitrogen and oxygen atoms in total. The summed E-state index contributed by atoms with van der Waals surface area (Å²) in [6, 6.07) is 13.2. The third-order valence-corrected chi connectivity index (χ3v) is 4.48. The summed E-state index contributed by atoms with van der Waals surface area (Å²) in [4.78, 5) is 2.34. The van der Waals surface area contributed by atoms with Crippen molar-refractivity contribution in [1.29, 1.82) is 0 Å². The first-order valence-electron chi connectivity index (χ1n) is 6.97. The summed E-state index contributed by atoms with van der Waals surface area (Å²) in [7, 11) is -3.73. The normalized spacial score (nSPS) is 12.0. The van der Waals surface area contributed by atoms with Crippen LogP contribution >= 0.6 is 11.6 Å². The maximum atomic E-state index is 12.2. The lowest BCUT2D eigenvalue weighted by molar-refractivity contribution is 0.340. The molecule has 122 valence electrons. The molecule has 2 aromatic carbocycles. The number of nitrogens with zero attached hydrogens (tertiary/aromatic N) is 1. The van der Waals surface area contributed by atoms with E-state index in [0.717, 1.165) is 5.56 Å². The van der Waals surface area contributed by atoms with Crippen molar-refractivity contribution in [2.45, 2.75) is 18.7 Å². The number of benzene rings is 2. The van der Waals surface area contributed by atoms with Crippen LogP contribution in [0.2, 0.25) is 5.02 Å². The molecule has 2 rings (SSSR count). The minimum atomic E-state index is -3.73. The maximum absolute atomic E-state index is 12.2. The summed E-state index contributed by atoms with van der Waals surface area (Å²) in [5.41, 5.74) is 1.26. The Kier molecular flexibility index (Phi) is 5.63. The van der Waals surface area contributed by atoms with Gasteiger partial charge >= 0.3 is 0 Å². The molecule has 2 aromatic rings. The average molecular weight is 353 g/mol. The van der Waals surface area contributed by atoms with Gasteiger partial charge in [0.15, 0.2) is 0 Å². The third kappa shape index (κ3) is 4.71. The van der Waals surface area contributed by atoms with Crippen LogP contribution in [0, 0.1) is 0 Å². The summed E-state index contributed by atoms with van der Waals surface area (Å²) in [5, 5.41) is 4.49. The lowest BCUT2D eigenvalue weighted by Crippen LogP contribution is -2.19. The van der Waals surface area contributed by atoms with Crippen molar-refractivity contribution in [3.05, 3.63) is 59.1 Å². The van der Waals surface area contributed by atoms with E-state index in [-0.39, 0.29) is 4.90 Å². The summed E-state index contributed by atoms with van der Waals surface area (Å²) in [6.45, 7) is 4.08. The van der Waals surface area contributed by atoms with E-state index in [4.69, 9.17) is 16.3 Å². The van der Waals surface area contributed by atoms with Gasteiger partial charge in [0.25, 0.3) is 10.0 Å². The quantitative estimate of drug-likeness (QED) is 0.639. The van der Waals surface area contributed by atoms with Crippen LogP contribution in [0.4, 0.5) is 0 Å². The summed E-state index contributed by atoms with van der Waals surface area (Å²) >= 11 is 5.91. The van der Waals surface area contributed by atoms with Gasteiger partial charge in [-0.25, -0.2) is 0 Å². The average Bonchev–Trinajstić information content (AvgIpc) is 2.53. The molecule has 0 aromatic heterocycles. The Labute approximate surface area is 141 Å². The predicted molar refractivity (Wildman–Crippen MR) is 91.6 cm³/mol. The largest absolute Gasteiger partial charge is 0.494 e. The van der Waals surface area contributed by atoms with Gasteiger partial charge in [-0.1, -0.05) is 23.7 Å². The molecule has 0 bridgehead atoms. The van der Waals surface area contributed by atoms with Crippen molar-refractivity contribution in [1.82, 2.24) is 4.83 Å². The number of nitrogens with one attached hydrogen (secondary N) is 1. The van der Waals surface area contributed by atoms with Crippen LogP contribution in [-0.2, 0) is 10.0 Å². The first kappa shape index (κ1) is 17.3. The van der Waals surface area contributed by atoms with Crippen molar-refractivity contribution in [3.63, 3.8) is 0 Å². The zero-order valence-corrected chi connectivity index (χ0v) is 14.4. The Morgan fingerprint density at radius 1 is 1.22 bits per heavy atom. The van der Waals surface area contributed by atoms with Crippen LogP contribution in [0.1, 0.15) is 19.4 Å². The molecule has 0 aliphatic carbocycles. The second kappa shape index (κ2) is 7.48. The minimum Gasteiger partial charge on any atom is -0.494 e. The molecule has 0 spiro atoms. The zero-order chi connectivity index (χ0) is 16.9. The van der Waals surface area contributed by atoms with Crippen LogP contribution in [0.25, 0.3) is 0 Å². The summed E-state index contributed by atoms with van der Waals surface area (Å²) in [5.74, 6) is 0.616. The molecule has 0 atom stereocenters. The van der Waals surface area contributed by atoms with E-state index >= 15 is 0 Å². The first-order chi connectivity index (χ1) is 10.9. The molecule has 7 heteroatoms. The van der Waals surface area contributed by atoms with Crippen molar-refractivity contribution >= 4 is 27.3 Å². The van der Waals surface area contributed by atoms with Crippen molar-refractivity contribution < 1.29 is 13.2 Å². The molecule has 0 saturated carbocycles. The third-order valence-electron chi connectivity index (χ3n) is 3.02. The fourth-order valence-corrected chi connectivity index (χ4v) is 2.89. The van der Waals surface area contributed by atoms with Gasteiger partial charge in [-0.05, 0) is 55.8 Å². The molecule has 0 aliphatic rings. The molecule has 0 radical (unpaired) electrons. The van der Waals surface area contributed by atoms with Gasteiger partial charge in [0.1, 0.15) is 5.75 Å². The van der Waals surface area contributed by atoms with Gasteiger partial charge in [-0.3, -0.25) is 0 Å². The highest BCUT2D eigenvalue weighted by Crippen LogP contribution is 2.16. The van der Waals surface area contributed by atoms with E-state index in [0.29, 0.717) is 23.1 Å².